The topological polar surface area (TPSA) is 98.7 Å². The fourth-order valence-electron chi connectivity index (χ4n) is 6.34. The Kier molecular flexibility index (Phi) is 8.97. The van der Waals surface area contributed by atoms with E-state index in [1.54, 1.807) is 30.3 Å². The van der Waals surface area contributed by atoms with Gasteiger partial charge < -0.3 is 20.0 Å². The normalized spacial score (nSPS) is 23.2. The number of nitrogens with zero attached hydrogens (tertiary/aromatic N) is 5. The van der Waals surface area contributed by atoms with Gasteiger partial charge in [0.25, 0.3) is 0 Å². The van der Waals surface area contributed by atoms with Gasteiger partial charge in [0.05, 0.1) is 16.2 Å². The standard InChI is InChI=1S/C31H41ClN6O3S/c1-20(2)37(5)23-12-14-28(21(17-23)19-42(40,41)24-9-7-6-8-10-24)38-16-15-27(30(38)39)33-29-25-18-22(32)11-13-26(25)34-31(35-29)36(3)4/h6-11,13,18,20-21,23,27-28H,12,14-17,19H2,1-5H3,(H,33,34,35)/t21-,23-,27+,28+/m1/s1. The van der Waals surface area contributed by atoms with Gasteiger partial charge in [-0.1, -0.05) is 29.8 Å². The quantitative estimate of drug-likeness (QED) is 0.371. The predicted octanol–water partition coefficient (Wildman–Crippen LogP) is 4.71. The lowest BCUT2D eigenvalue weighted by Crippen LogP contribution is -2.52. The number of benzene rings is 2. The molecule has 11 heteroatoms. The average Bonchev–Trinajstić information content (AvgIpc) is 3.32. The fourth-order valence-corrected chi connectivity index (χ4v) is 8.20. The maximum absolute atomic E-state index is 14.0. The highest BCUT2D eigenvalue weighted by atomic mass is 35.5. The molecule has 2 aliphatic rings. The van der Waals surface area contributed by atoms with Gasteiger partial charge in [0.2, 0.25) is 11.9 Å². The van der Waals surface area contributed by atoms with Crippen molar-refractivity contribution in [3.63, 3.8) is 0 Å². The first kappa shape index (κ1) is 30.5. The largest absolute Gasteiger partial charge is 0.358 e. The second-order valence-corrected chi connectivity index (χ2v) is 14.6. The molecular weight excluding hydrogens is 572 g/mol. The molecule has 0 unspecified atom stereocenters. The Morgan fingerprint density at radius 1 is 1.05 bits per heavy atom. The summed E-state index contributed by atoms with van der Waals surface area (Å²) in [4.78, 5) is 29.7. The van der Waals surface area contributed by atoms with E-state index in [4.69, 9.17) is 16.6 Å². The molecule has 2 fully saturated rings. The third-order valence-electron chi connectivity index (χ3n) is 8.84. The number of hydrogen-bond acceptors (Lipinski definition) is 8. The number of nitrogens with one attached hydrogen (secondary N) is 1. The van der Waals surface area contributed by atoms with Gasteiger partial charge in [0.15, 0.2) is 9.84 Å². The number of sulfone groups is 1. The van der Waals surface area contributed by atoms with Gasteiger partial charge in [0.1, 0.15) is 11.9 Å². The molecular formula is C31H41ClN6O3S. The second-order valence-electron chi connectivity index (χ2n) is 12.1. The highest BCUT2D eigenvalue weighted by Crippen LogP contribution is 2.36. The lowest BCUT2D eigenvalue weighted by molar-refractivity contribution is -0.132. The number of fused-ring (bicyclic) bond motifs is 1. The number of carbonyl (C=O) groups is 1. The Morgan fingerprint density at radius 2 is 1.79 bits per heavy atom. The van der Waals surface area contributed by atoms with E-state index < -0.39 is 15.9 Å². The molecule has 3 aromatic rings. The molecule has 1 aliphatic heterocycles. The number of carbonyl (C=O) groups excluding carboxylic acids is 1. The maximum atomic E-state index is 14.0. The molecule has 0 spiro atoms. The fraction of sp³-hybridized carbons (Fsp3) is 0.516. The first-order valence-electron chi connectivity index (χ1n) is 14.7. The Bertz CT molecular complexity index is 1530. The van der Waals surface area contributed by atoms with E-state index >= 15 is 0 Å². The summed E-state index contributed by atoms with van der Waals surface area (Å²) in [6.07, 6.45) is 3.02. The summed E-state index contributed by atoms with van der Waals surface area (Å²) in [6, 6.07) is 14.1. The number of anilines is 2. The van der Waals surface area contributed by atoms with E-state index in [9.17, 15) is 13.2 Å². The van der Waals surface area contributed by atoms with Crippen LogP contribution >= 0.6 is 11.6 Å². The van der Waals surface area contributed by atoms with Gasteiger partial charge in [-0.3, -0.25) is 4.79 Å². The summed E-state index contributed by atoms with van der Waals surface area (Å²) in [5.41, 5.74) is 0.738. The molecule has 2 aromatic carbocycles. The lowest BCUT2D eigenvalue weighted by Gasteiger charge is -2.44. The molecule has 2 heterocycles. The summed E-state index contributed by atoms with van der Waals surface area (Å²) in [6.45, 7) is 4.89. The molecule has 0 bridgehead atoms. The molecule has 42 heavy (non-hydrogen) atoms. The van der Waals surface area contributed by atoms with Crippen molar-refractivity contribution in [3.05, 3.63) is 53.6 Å². The van der Waals surface area contributed by atoms with Crippen LogP contribution in [0.25, 0.3) is 10.9 Å². The van der Waals surface area contributed by atoms with Crippen LogP contribution in [0.1, 0.15) is 39.5 Å². The first-order chi connectivity index (χ1) is 19.9. The third-order valence-corrected chi connectivity index (χ3v) is 10.9. The molecule has 226 valence electrons. The van der Waals surface area contributed by atoms with Gasteiger partial charge in [0, 0.05) is 49.2 Å². The van der Waals surface area contributed by atoms with Crippen LogP contribution in [0.4, 0.5) is 11.8 Å². The van der Waals surface area contributed by atoms with Crippen LogP contribution in [0.2, 0.25) is 5.02 Å². The minimum Gasteiger partial charge on any atom is -0.358 e. The molecule has 1 aliphatic carbocycles. The van der Waals surface area contributed by atoms with Gasteiger partial charge in [-0.15, -0.1) is 0 Å². The zero-order valence-electron chi connectivity index (χ0n) is 25.0. The van der Waals surface area contributed by atoms with Crippen LogP contribution in [0.3, 0.4) is 0 Å². The third kappa shape index (κ3) is 6.35. The van der Waals surface area contributed by atoms with Crippen molar-refractivity contribution in [1.29, 1.82) is 0 Å². The van der Waals surface area contributed by atoms with Crippen LogP contribution in [0.5, 0.6) is 0 Å². The monoisotopic (exact) mass is 612 g/mol. The molecule has 1 saturated heterocycles. The second kappa shape index (κ2) is 12.3. The summed E-state index contributed by atoms with van der Waals surface area (Å²) in [7, 11) is 2.34. The number of likely N-dealkylation sites (tertiary alicyclic amines) is 1. The summed E-state index contributed by atoms with van der Waals surface area (Å²) < 4.78 is 27.1. The number of aromatic nitrogens is 2. The summed E-state index contributed by atoms with van der Waals surface area (Å²) in [5, 5.41) is 4.72. The Hall–Kier alpha value is -2.95. The molecule has 0 radical (unpaired) electrons. The van der Waals surface area contributed by atoms with E-state index in [1.807, 2.05) is 42.1 Å². The molecule has 1 amide bonds. The van der Waals surface area contributed by atoms with Crippen LogP contribution in [-0.4, -0.2) is 91.7 Å². The van der Waals surface area contributed by atoms with Gasteiger partial charge >= 0.3 is 0 Å². The SMILES string of the molecule is CC(C)N(C)[C@@H]1CC[C@H](N2CC[C@H](Nc3nc(N(C)C)nc4ccc(Cl)cc34)C2=O)[C@@H](CS(=O)(=O)c2ccccc2)C1. The first-order valence-corrected chi connectivity index (χ1v) is 16.7. The number of halogens is 1. The minimum absolute atomic E-state index is 0.0158. The smallest absolute Gasteiger partial charge is 0.245 e. The van der Waals surface area contributed by atoms with E-state index in [0.717, 1.165) is 30.2 Å². The number of hydrogen-bond donors (Lipinski definition) is 1. The van der Waals surface area contributed by atoms with Crippen molar-refractivity contribution in [2.24, 2.45) is 5.92 Å². The minimum atomic E-state index is -3.52. The van der Waals surface area contributed by atoms with Crippen LogP contribution < -0.4 is 10.2 Å². The maximum Gasteiger partial charge on any atom is 0.245 e. The van der Waals surface area contributed by atoms with Gasteiger partial charge in [-0.05, 0) is 82.8 Å². The van der Waals surface area contributed by atoms with Crippen molar-refractivity contribution < 1.29 is 13.2 Å². The highest BCUT2D eigenvalue weighted by Gasteiger charge is 2.44. The van der Waals surface area contributed by atoms with Crippen LogP contribution in [-0.2, 0) is 14.6 Å². The number of rotatable bonds is 9. The van der Waals surface area contributed by atoms with Crippen LogP contribution in [0.15, 0.2) is 53.4 Å². The van der Waals surface area contributed by atoms with Crippen molar-refractivity contribution in [3.8, 4) is 0 Å². The van der Waals surface area contributed by atoms with Crippen molar-refractivity contribution in [2.75, 3.05) is 43.7 Å². The van der Waals surface area contributed by atoms with Gasteiger partial charge in [-0.25, -0.2) is 13.4 Å². The molecule has 9 nitrogen and oxygen atoms in total. The Labute approximate surface area is 254 Å². The molecule has 1 N–H and O–H groups in total. The molecule has 4 atom stereocenters. The summed E-state index contributed by atoms with van der Waals surface area (Å²) in [5.74, 6) is 0.938. The van der Waals surface area contributed by atoms with Crippen LogP contribution in [0, 0.1) is 5.92 Å². The molecule has 1 saturated carbocycles. The average molecular weight is 613 g/mol. The number of amides is 1. The van der Waals surface area contributed by atoms with E-state index in [1.165, 1.54) is 0 Å². The molecule has 5 rings (SSSR count). The Balaban J connectivity index is 1.40. The predicted molar refractivity (Wildman–Crippen MR) is 169 cm³/mol. The van der Waals surface area contributed by atoms with E-state index in [0.29, 0.717) is 40.7 Å². The van der Waals surface area contributed by atoms with Gasteiger partial charge in [-0.2, -0.15) is 4.98 Å². The zero-order valence-corrected chi connectivity index (χ0v) is 26.6. The lowest BCUT2D eigenvalue weighted by atomic mass is 9.81. The van der Waals surface area contributed by atoms with Crippen molar-refractivity contribution in [1.82, 2.24) is 19.8 Å². The highest BCUT2D eigenvalue weighted by molar-refractivity contribution is 7.91. The summed E-state index contributed by atoms with van der Waals surface area (Å²) >= 11 is 6.31. The zero-order chi connectivity index (χ0) is 30.2. The van der Waals surface area contributed by atoms with E-state index in [2.05, 4.69) is 36.1 Å². The molecule has 1 aromatic heterocycles. The van der Waals surface area contributed by atoms with Crippen molar-refractivity contribution in [2.45, 2.75) is 68.6 Å². The Morgan fingerprint density at radius 3 is 2.48 bits per heavy atom. The van der Waals surface area contributed by atoms with E-state index in [-0.39, 0.29) is 29.7 Å². The van der Waals surface area contributed by atoms with Crippen molar-refractivity contribution >= 4 is 50.0 Å².